The van der Waals surface area contributed by atoms with Crippen LogP contribution in [-0.4, -0.2) is 40.4 Å². The molecule has 0 spiro atoms. The molecule has 1 N–H and O–H groups in total. The number of likely N-dealkylation sites (tertiary alicyclic amines) is 1. The first kappa shape index (κ1) is 14.1. The van der Waals surface area contributed by atoms with Crippen LogP contribution < -0.4 is 5.32 Å². The highest BCUT2D eigenvalue weighted by atomic mass is 35.5. The molecular formula is C13H19ClN4O. The van der Waals surface area contributed by atoms with Gasteiger partial charge in [0.25, 0.3) is 0 Å². The van der Waals surface area contributed by atoms with Crippen LogP contribution in [0.4, 0.5) is 5.82 Å². The van der Waals surface area contributed by atoms with E-state index >= 15 is 0 Å². The van der Waals surface area contributed by atoms with E-state index in [1.165, 1.54) is 6.42 Å². The van der Waals surface area contributed by atoms with E-state index in [4.69, 9.17) is 11.6 Å². The Hall–Kier alpha value is -1.36. The topological polar surface area (TPSA) is 58.1 Å². The van der Waals surface area contributed by atoms with Crippen molar-refractivity contribution in [3.8, 4) is 0 Å². The van der Waals surface area contributed by atoms with Gasteiger partial charge in [0.2, 0.25) is 11.2 Å². The number of aromatic nitrogens is 2. The van der Waals surface area contributed by atoms with Crippen molar-refractivity contribution < 1.29 is 4.79 Å². The van der Waals surface area contributed by atoms with Gasteiger partial charge in [-0.15, -0.1) is 0 Å². The summed E-state index contributed by atoms with van der Waals surface area (Å²) < 4.78 is 0. The van der Waals surface area contributed by atoms with Crippen LogP contribution in [0.2, 0.25) is 5.28 Å². The van der Waals surface area contributed by atoms with Crippen molar-refractivity contribution in [3.63, 3.8) is 0 Å². The van der Waals surface area contributed by atoms with Crippen molar-refractivity contribution in [2.75, 3.05) is 25.0 Å². The van der Waals surface area contributed by atoms with Gasteiger partial charge in [-0.1, -0.05) is 0 Å². The molecule has 1 aromatic heterocycles. The van der Waals surface area contributed by atoms with Crippen molar-refractivity contribution in [3.05, 3.63) is 17.0 Å². The monoisotopic (exact) mass is 282 g/mol. The summed E-state index contributed by atoms with van der Waals surface area (Å²) in [4.78, 5) is 21.9. The highest BCUT2D eigenvalue weighted by Crippen LogP contribution is 2.13. The lowest BCUT2D eigenvalue weighted by Gasteiger charge is -2.26. The van der Waals surface area contributed by atoms with Gasteiger partial charge < -0.3 is 10.2 Å². The van der Waals surface area contributed by atoms with Crippen LogP contribution in [0.3, 0.4) is 0 Å². The zero-order valence-electron chi connectivity index (χ0n) is 11.2. The second-order valence-corrected chi connectivity index (χ2v) is 5.13. The molecule has 0 saturated carbocycles. The average Bonchev–Trinajstić information content (AvgIpc) is 2.43. The van der Waals surface area contributed by atoms with Crippen LogP contribution in [0.25, 0.3) is 0 Å². The number of nitrogens with zero attached hydrogens (tertiary/aromatic N) is 3. The van der Waals surface area contributed by atoms with Gasteiger partial charge in [0, 0.05) is 37.8 Å². The number of hydrogen-bond donors (Lipinski definition) is 1. The van der Waals surface area contributed by atoms with Crippen LogP contribution in [-0.2, 0) is 4.79 Å². The molecule has 1 saturated heterocycles. The third-order valence-corrected chi connectivity index (χ3v) is 3.46. The Kier molecular flexibility index (Phi) is 4.96. The number of amides is 1. The van der Waals surface area contributed by atoms with Crippen LogP contribution >= 0.6 is 11.6 Å². The Balaban J connectivity index is 1.79. The van der Waals surface area contributed by atoms with Crippen LogP contribution in [0, 0.1) is 6.92 Å². The molecule has 1 aliphatic rings. The molecule has 0 aliphatic carbocycles. The molecule has 6 heteroatoms. The molecule has 0 atom stereocenters. The molecule has 0 radical (unpaired) electrons. The second kappa shape index (κ2) is 6.70. The predicted octanol–water partition coefficient (Wildman–Crippen LogP) is 2.25. The highest BCUT2D eigenvalue weighted by molar-refractivity contribution is 6.28. The number of hydrogen-bond acceptors (Lipinski definition) is 4. The highest BCUT2D eigenvalue weighted by Gasteiger charge is 2.15. The number of rotatable bonds is 4. The summed E-state index contributed by atoms with van der Waals surface area (Å²) in [5.41, 5.74) is 0.926. The molecule has 5 nitrogen and oxygen atoms in total. The van der Waals surface area contributed by atoms with Crippen molar-refractivity contribution in [2.45, 2.75) is 32.6 Å². The third-order valence-electron chi connectivity index (χ3n) is 3.28. The zero-order valence-corrected chi connectivity index (χ0v) is 11.9. The fourth-order valence-corrected chi connectivity index (χ4v) is 2.32. The van der Waals surface area contributed by atoms with Gasteiger partial charge in [0.05, 0.1) is 0 Å². The molecule has 1 aliphatic heterocycles. The van der Waals surface area contributed by atoms with Gasteiger partial charge in [0.1, 0.15) is 5.82 Å². The molecule has 104 valence electrons. The van der Waals surface area contributed by atoms with E-state index in [-0.39, 0.29) is 11.2 Å². The fourth-order valence-electron chi connectivity index (χ4n) is 2.19. The van der Waals surface area contributed by atoms with Crippen molar-refractivity contribution in [1.82, 2.24) is 14.9 Å². The number of carbonyl (C=O) groups excluding carboxylic acids is 1. The summed E-state index contributed by atoms with van der Waals surface area (Å²) in [5, 5.41) is 3.36. The first-order valence-corrected chi connectivity index (χ1v) is 7.05. The van der Waals surface area contributed by atoms with E-state index in [1.54, 1.807) is 6.20 Å². The molecule has 0 aromatic carbocycles. The minimum atomic E-state index is 0.213. The maximum Gasteiger partial charge on any atom is 0.224 e. The third kappa shape index (κ3) is 4.06. The van der Waals surface area contributed by atoms with E-state index in [9.17, 15) is 4.79 Å². The Morgan fingerprint density at radius 2 is 2.16 bits per heavy atom. The van der Waals surface area contributed by atoms with Gasteiger partial charge in [-0.3, -0.25) is 4.79 Å². The normalized spacial score (nSPS) is 15.4. The number of nitrogens with one attached hydrogen (secondary N) is 1. The van der Waals surface area contributed by atoms with Crippen molar-refractivity contribution in [1.29, 1.82) is 0 Å². The number of piperidine rings is 1. The minimum Gasteiger partial charge on any atom is -0.369 e. The lowest BCUT2D eigenvalue weighted by Crippen LogP contribution is -2.36. The first-order valence-electron chi connectivity index (χ1n) is 6.67. The maximum atomic E-state index is 12.0. The van der Waals surface area contributed by atoms with Gasteiger partial charge in [0.15, 0.2) is 0 Å². The Morgan fingerprint density at radius 3 is 2.89 bits per heavy atom. The zero-order chi connectivity index (χ0) is 13.7. The van der Waals surface area contributed by atoms with Crippen molar-refractivity contribution in [2.24, 2.45) is 0 Å². The molecule has 2 rings (SSSR count). The van der Waals surface area contributed by atoms with Gasteiger partial charge in [-0.2, -0.15) is 0 Å². The molecule has 2 heterocycles. The lowest BCUT2D eigenvalue weighted by molar-refractivity contribution is -0.131. The SMILES string of the molecule is Cc1cnc(Cl)nc1NCCC(=O)N1CCCCC1. The van der Waals surface area contributed by atoms with E-state index in [1.807, 2.05) is 11.8 Å². The number of carbonyl (C=O) groups is 1. The molecule has 1 amide bonds. The van der Waals surface area contributed by atoms with Gasteiger partial charge >= 0.3 is 0 Å². The largest absolute Gasteiger partial charge is 0.369 e. The fraction of sp³-hybridized carbons (Fsp3) is 0.615. The number of halogens is 1. The molecular weight excluding hydrogens is 264 g/mol. The molecule has 1 fully saturated rings. The van der Waals surface area contributed by atoms with E-state index in [0.717, 1.165) is 31.5 Å². The summed E-state index contributed by atoms with van der Waals surface area (Å²) in [7, 11) is 0. The Morgan fingerprint density at radius 1 is 1.42 bits per heavy atom. The Bertz CT molecular complexity index is 446. The smallest absolute Gasteiger partial charge is 0.224 e. The maximum absolute atomic E-state index is 12.0. The summed E-state index contributed by atoms with van der Waals surface area (Å²) in [6.45, 7) is 4.28. The standard InChI is InChI=1S/C13H19ClN4O/c1-10-9-16-13(14)17-12(10)15-6-5-11(19)18-7-3-2-4-8-18/h9H,2-8H2,1H3,(H,15,16,17). The van der Waals surface area contributed by atoms with E-state index in [0.29, 0.717) is 18.8 Å². The summed E-state index contributed by atoms with van der Waals surface area (Å²) in [6, 6.07) is 0. The molecule has 0 bridgehead atoms. The molecule has 0 unspecified atom stereocenters. The lowest BCUT2D eigenvalue weighted by atomic mass is 10.1. The molecule has 19 heavy (non-hydrogen) atoms. The Labute approximate surface area is 118 Å². The average molecular weight is 283 g/mol. The van der Waals surface area contributed by atoms with Crippen molar-refractivity contribution >= 4 is 23.3 Å². The van der Waals surface area contributed by atoms with E-state index in [2.05, 4.69) is 15.3 Å². The number of aryl methyl sites for hydroxylation is 1. The summed E-state index contributed by atoms with van der Waals surface area (Å²) in [5.74, 6) is 0.913. The first-order chi connectivity index (χ1) is 9.16. The van der Waals surface area contributed by atoms with Crippen LogP contribution in [0.15, 0.2) is 6.20 Å². The summed E-state index contributed by atoms with van der Waals surface area (Å²) >= 11 is 5.74. The second-order valence-electron chi connectivity index (χ2n) is 4.79. The van der Waals surface area contributed by atoms with Crippen LogP contribution in [0.5, 0.6) is 0 Å². The van der Waals surface area contributed by atoms with Gasteiger partial charge in [-0.05, 0) is 37.8 Å². The van der Waals surface area contributed by atoms with E-state index < -0.39 is 0 Å². The quantitative estimate of drug-likeness (QED) is 0.861. The predicted molar refractivity (Wildman–Crippen MR) is 75.3 cm³/mol. The van der Waals surface area contributed by atoms with Crippen LogP contribution in [0.1, 0.15) is 31.2 Å². The minimum absolute atomic E-state index is 0.213. The van der Waals surface area contributed by atoms with Gasteiger partial charge in [-0.25, -0.2) is 9.97 Å². The summed E-state index contributed by atoms with van der Waals surface area (Å²) in [6.07, 6.45) is 5.64. The molecule has 1 aromatic rings. The number of anilines is 1.